The zero-order valence-electron chi connectivity index (χ0n) is 14.4. The van der Waals surface area contributed by atoms with Crippen molar-refractivity contribution >= 4 is 24.3 Å². The summed E-state index contributed by atoms with van der Waals surface area (Å²) in [7, 11) is 0. The number of amides is 3. The summed E-state index contributed by atoms with van der Waals surface area (Å²) in [6.45, 7) is 9.21. The van der Waals surface area contributed by atoms with E-state index in [4.69, 9.17) is 0 Å². The molecule has 0 aromatic carbocycles. The van der Waals surface area contributed by atoms with Gasteiger partial charge in [-0.2, -0.15) is 0 Å². The second kappa shape index (κ2) is 9.98. The smallest absolute Gasteiger partial charge is 0.320 e. The lowest BCUT2D eigenvalue weighted by Gasteiger charge is -2.37. The second-order valence-electron chi connectivity index (χ2n) is 6.15. The van der Waals surface area contributed by atoms with Crippen LogP contribution >= 0.6 is 12.4 Å². The maximum atomic E-state index is 12.3. The molecule has 1 N–H and O–H groups in total. The van der Waals surface area contributed by atoms with Crippen LogP contribution in [-0.2, 0) is 4.79 Å². The Morgan fingerprint density at radius 2 is 1.70 bits per heavy atom. The average molecular weight is 347 g/mol. The van der Waals surface area contributed by atoms with Crippen molar-refractivity contribution in [3.63, 3.8) is 0 Å². The SMILES string of the molecule is CCN(CC)C(=O)N1CCN(C(=O)CCC2CCCN2)CC1.Cl. The van der Waals surface area contributed by atoms with E-state index in [1.54, 1.807) is 0 Å². The Bertz CT molecular complexity index is 376. The highest BCUT2D eigenvalue weighted by Crippen LogP contribution is 2.13. The largest absolute Gasteiger partial charge is 0.339 e. The normalized spacial score (nSPS) is 21.0. The molecule has 0 radical (unpaired) electrons. The molecule has 1 atom stereocenters. The Balaban J connectivity index is 0.00000264. The van der Waals surface area contributed by atoms with E-state index in [2.05, 4.69) is 5.32 Å². The summed E-state index contributed by atoms with van der Waals surface area (Å²) in [6, 6.07) is 0.627. The fourth-order valence-corrected chi connectivity index (χ4v) is 3.30. The van der Waals surface area contributed by atoms with Gasteiger partial charge in [0.15, 0.2) is 0 Å². The third kappa shape index (κ3) is 5.53. The van der Waals surface area contributed by atoms with Crippen molar-refractivity contribution in [2.24, 2.45) is 0 Å². The summed E-state index contributed by atoms with van der Waals surface area (Å²) in [6.07, 6.45) is 3.99. The van der Waals surface area contributed by atoms with Crippen molar-refractivity contribution < 1.29 is 9.59 Å². The Kier molecular flexibility index (Phi) is 8.69. The summed E-state index contributed by atoms with van der Waals surface area (Å²) >= 11 is 0. The van der Waals surface area contributed by atoms with Gasteiger partial charge < -0.3 is 20.0 Å². The van der Waals surface area contributed by atoms with Gasteiger partial charge >= 0.3 is 6.03 Å². The van der Waals surface area contributed by atoms with E-state index in [-0.39, 0.29) is 24.3 Å². The van der Waals surface area contributed by atoms with Crippen LogP contribution in [0.5, 0.6) is 0 Å². The van der Waals surface area contributed by atoms with Crippen LogP contribution in [0.3, 0.4) is 0 Å². The number of piperazine rings is 1. The van der Waals surface area contributed by atoms with Crippen molar-refractivity contribution in [1.29, 1.82) is 0 Å². The van der Waals surface area contributed by atoms with Crippen LogP contribution in [-0.4, -0.2) is 78.5 Å². The molecule has 2 saturated heterocycles. The summed E-state index contributed by atoms with van der Waals surface area (Å²) in [5, 5.41) is 3.43. The summed E-state index contributed by atoms with van der Waals surface area (Å²) in [5.41, 5.74) is 0. The van der Waals surface area contributed by atoms with Gasteiger partial charge in [0.25, 0.3) is 0 Å². The number of halogens is 1. The maximum absolute atomic E-state index is 12.3. The lowest BCUT2D eigenvalue weighted by atomic mass is 10.1. The molecule has 2 rings (SSSR count). The third-order valence-electron chi connectivity index (χ3n) is 4.81. The molecule has 0 aliphatic carbocycles. The molecule has 0 bridgehead atoms. The summed E-state index contributed by atoms with van der Waals surface area (Å²) in [5.74, 6) is 0.239. The minimum absolute atomic E-state index is 0. The Morgan fingerprint density at radius 3 is 2.22 bits per heavy atom. The van der Waals surface area contributed by atoms with Gasteiger partial charge in [-0.05, 0) is 39.7 Å². The third-order valence-corrected chi connectivity index (χ3v) is 4.81. The monoisotopic (exact) mass is 346 g/mol. The number of nitrogens with zero attached hydrogens (tertiary/aromatic N) is 3. The van der Waals surface area contributed by atoms with Crippen LogP contribution in [0.4, 0.5) is 4.79 Å². The molecule has 2 heterocycles. The molecule has 0 aromatic heterocycles. The van der Waals surface area contributed by atoms with Crippen molar-refractivity contribution in [3.8, 4) is 0 Å². The predicted molar refractivity (Wildman–Crippen MR) is 94.0 cm³/mol. The molecule has 2 fully saturated rings. The molecule has 134 valence electrons. The number of hydrogen-bond donors (Lipinski definition) is 1. The highest BCUT2D eigenvalue weighted by Gasteiger charge is 2.26. The van der Waals surface area contributed by atoms with Crippen molar-refractivity contribution in [2.45, 2.75) is 45.6 Å². The molecule has 0 saturated carbocycles. The van der Waals surface area contributed by atoms with Crippen LogP contribution in [0.15, 0.2) is 0 Å². The maximum Gasteiger partial charge on any atom is 0.320 e. The first-order chi connectivity index (χ1) is 10.7. The van der Waals surface area contributed by atoms with Crippen molar-refractivity contribution in [2.75, 3.05) is 45.8 Å². The molecule has 0 spiro atoms. The lowest BCUT2D eigenvalue weighted by molar-refractivity contribution is -0.132. The van der Waals surface area contributed by atoms with E-state index in [9.17, 15) is 9.59 Å². The van der Waals surface area contributed by atoms with E-state index >= 15 is 0 Å². The molecule has 23 heavy (non-hydrogen) atoms. The highest BCUT2D eigenvalue weighted by atomic mass is 35.5. The Morgan fingerprint density at radius 1 is 1.09 bits per heavy atom. The number of nitrogens with one attached hydrogen (secondary N) is 1. The number of carbonyl (C=O) groups excluding carboxylic acids is 2. The minimum Gasteiger partial charge on any atom is -0.339 e. The zero-order valence-corrected chi connectivity index (χ0v) is 15.2. The van der Waals surface area contributed by atoms with Gasteiger partial charge in [0, 0.05) is 51.7 Å². The van der Waals surface area contributed by atoms with Gasteiger partial charge in [0.2, 0.25) is 5.91 Å². The Hall–Kier alpha value is -1.01. The first-order valence-electron chi connectivity index (χ1n) is 8.70. The first kappa shape index (κ1) is 20.0. The van der Waals surface area contributed by atoms with Crippen molar-refractivity contribution in [1.82, 2.24) is 20.0 Å². The van der Waals surface area contributed by atoms with E-state index < -0.39 is 0 Å². The van der Waals surface area contributed by atoms with Gasteiger partial charge in [-0.25, -0.2) is 4.79 Å². The molecular weight excluding hydrogens is 316 g/mol. The van der Waals surface area contributed by atoms with Crippen LogP contribution < -0.4 is 5.32 Å². The number of carbonyl (C=O) groups is 2. The molecule has 6 nitrogen and oxygen atoms in total. The number of urea groups is 1. The van der Waals surface area contributed by atoms with Gasteiger partial charge in [0.05, 0.1) is 0 Å². The Labute approximate surface area is 146 Å². The topological polar surface area (TPSA) is 55.9 Å². The molecule has 0 aromatic rings. The quantitative estimate of drug-likeness (QED) is 0.821. The molecule has 2 aliphatic heterocycles. The molecular formula is C16H31ClN4O2. The van der Waals surface area contributed by atoms with E-state index in [0.29, 0.717) is 38.6 Å². The second-order valence-corrected chi connectivity index (χ2v) is 6.15. The van der Waals surface area contributed by atoms with Gasteiger partial charge in [-0.15, -0.1) is 12.4 Å². The van der Waals surface area contributed by atoms with E-state index in [1.165, 1.54) is 12.8 Å². The molecule has 3 amide bonds. The van der Waals surface area contributed by atoms with Crippen molar-refractivity contribution in [3.05, 3.63) is 0 Å². The molecule has 7 heteroatoms. The zero-order chi connectivity index (χ0) is 15.9. The summed E-state index contributed by atoms with van der Waals surface area (Å²) < 4.78 is 0. The standard InChI is InChI=1S/C16H30N4O2.ClH/c1-3-18(4-2)16(22)20-12-10-19(11-13-20)15(21)8-7-14-6-5-9-17-14;/h14,17H,3-13H2,1-2H3;1H. The predicted octanol–water partition coefficient (Wildman–Crippen LogP) is 1.55. The van der Waals surface area contributed by atoms with Gasteiger partial charge in [-0.3, -0.25) is 4.79 Å². The van der Waals surface area contributed by atoms with Gasteiger partial charge in [-0.1, -0.05) is 0 Å². The van der Waals surface area contributed by atoms with Crippen LogP contribution in [0.2, 0.25) is 0 Å². The molecule has 2 aliphatic rings. The number of rotatable bonds is 5. The van der Waals surface area contributed by atoms with Crippen LogP contribution in [0.1, 0.15) is 39.5 Å². The van der Waals surface area contributed by atoms with Crippen LogP contribution in [0, 0.1) is 0 Å². The van der Waals surface area contributed by atoms with E-state index in [0.717, 1.165) is 26.1 Å². The lowest BCUT2D eigenvalue weighted by Crippen LogP contribution is -2.54. The minimum atomic E-state index is 0. The first-order valence-corrected chi connectivity index (χ1v) is 8.70. The molecule has 1 unspecified atom stereocenters. The number of hydrogen-bond acceptors (Lipinski definition) is 3. The highest BCUT2D eigenvalue weighted by molar-refractivity contribution is 5.85. The van der Waals surface area contributed by atoms with Gasteiger partial charge in [0.1, 0.15) is 0 Å². The summed E-state index contributed by atoms with van der Waals surface area (Å²) in [4.78, 5) is 30.2. The average Bonchev–Trinajstić information content (AvgIpc) is 3.07. The fraction of sp³-hybridized carbons (Fsp3) is 0.875. The fourth-order valence-electron chi connectivity index (χ4n) is 3.30. The van der Waals surface area contributed by atoms with Crippen LogP contribution in [0.25, 0.3) is 0 Å². The van der Waals surface area contributed by atoms with E-state index in [1.807, 2.05) is 28.5 Å².